The normalized spacial score (nSPS) is 22.0. The maximum Gasteiger partial charge on any atom is 0.0241 e. The molecule has 0 radical (unpaired) electrons. The fourth-order valence-corrected chi connectivity index (χ4v) is 2.33. The predicted molar refractivity (Wildman–Crippen MR) is 66.6 cm³/mol. The van der Waals surface area contributed by atoms with E-state index in [0.29, 0.717) is 5.41 Å². The molecule has 15 heavy (non-hydrogen) atoms. The van der Waals surface area contributed by atoms with E-state index in [9.17, 15) is 0 Å². The van der Waals surface area contributed by atoms with Crippen molar-refractivity contribution in [1.82, 2.24) is 10.4 Å². The van der Waals surface area contributed by atoms with Crippen LogP contribution in [0, 0.1) is 11.3 Å². The molecule has 0 aromatic heterocycles. The Balaban J connectivity index is 2.37. The first-order chi connectivity index (χ1) is 6.68. The average molecular weight is 212 g/mol. The van der Waals surface area contributed by atoms with E-state index >= 15 is 0 Å². The lowest BCUT2D eigenvalue weighted by Crippen LogP contribution is -2.52. The third-order valence-electron chi connectivity index (χ3n) is 3.21. The Bertz CT molecular complexity index is 190. The van der Waals surface area contributed by atoms with Gasteiger partial charge in [-0.05, 0) is 44.9 Å². The second-order valence-corrected chi connectivity index (χ2v) is 6.99. The van der Waals surface area contributed by atoms with Gasteiger partial charge in [-0.1, -0.05) is 20.8 Å². The Kier molecular flexibility index (Phi) is 3.83. The molecule has 1 aliphatic rings. The zero-order valence-electron chi connectivity index (χ0n) is 11.4. The van der Waals surface area contributed by atoms with Crippen LogP contribution in [0.4, 0.5) is 0 Å². The summed E-state index contributed by atoms with van der Waals surface area (Å²) in [5.74, 6) is 0.885. The predicted octanol–water partition coefficient (Wildman–Crippen LogP) is 3.05. The molecule has 0 unspecified atom stereocenters. The molecule has 1 fully saturated rings. The Morgan fingerprint density at radius 2 is 1.40 bits per heavy atom. The van der Waals surface area contributed by atoms with Crippen LogP contribution in [0.2, 0.25) is 0 Å². The minimum Gasteiger partial charge on any atom is -0.250 e. The first-order valence-corrected chi connectivity index (χ1v) is 6.21. The van der Waals surface area contributed by atoms with Crippen molar-refractivity contribution in [2.24, 2.45) is 11.3 Å². The lowest BCUT2D eigenvalue weighted by Gasteiger charge is -2.41. The molecule has 0 aromatic carbocycles. The highest BCUT2D eigenvalue weighted by molar-refractivity contribution is 4.81. The Hall–Kier alpha value is -0.0800. The van der Waals surface area contributed by atoms with Crippen molar-refractivity contribution in [3.8, 4) is 0 Å². The number of piperidine rings is 1. The van der Waals surface area contributed by atoms with Gasteiger partial charge >= 0.3 is 0 Å². The number of hydrogen-bond acceptors (Lipinski definition) is 2. The van der Waals surface area contributed by atoms with Gasteiger partial charge in [-0.2, -0.15) is 0 Å². The fourth-order valence-electron chi connectivity index (χ4n) is 2.33. The Morgan fingerprint density at radius 3 is 1.73 bits per heavy atom. The smallest absolute Gasteiger partial charge is 0.0241 e. The van der Waals surface area contributed by atoms with Gasteiger partial charge in [0.1, 0.15) is 0 Å². The van der Waals surface area contributed by atoms with E-state index in [1.807, 2.05) is 0 Å². The van der Waals surface area contributed by atoms with E-state index in [1.165, 1.54) is 25.9 Å². The summed E-state index contributed by atoms with van der Waals surface area (Å²) in [5, 5.41) is 2.39. The minimum atomic E-state index is 0.203. The van der Waals surface area contributed by atoms with E-state index < -0.39 is 0 Å². The van der Waals surface area contributed by atoms with Crippen molar-refractivity contribution in [1.29, 1.82) is 0 Å². The first-order valence-electron chi connectivity index (χ1n) is 6.21. The van der Waals surface area contributed by atoms with E-state index in [-0.39, 0.29) is 5.54 Å². The number of rotatable bonds is 1. The van der Waals surface area contributed by atoms with E-state index in [2.05, 4.69) is 52.0 Å². The highest BCUT2D eigenvalue weighted by Crippen LogP contribution is 2.33. The third-order valence-corrected chi connectivity index (χ3v) is 3.21. The van der Waals surface area contributed by atoms with Crippen molar-refractivity contribution in [2.45, 2.75) is 59.9 Å². The molecule has 1 rings (SSSR count). The number of hydrogen-bond donors (Lipinski definition) is 1. The van der Waals surface area contributed by atoms with E-state index in [1.54, 1.807) is 0 Å². The van der Waals surface area contributed by atoms with Crippen LogP contribution in [-0.2, 0) is 0 Å². The van der Waals surface area contributed by atoms with Crippen LogP contribution in [0.15, 0.2) is 0 Å². The topological polar surface area (TPSA) is 15.3 Å². The van der Waals surface area contributed by atoms with Gasteiger partial charge in [0.15, 0.2) is 0 Å². The van der Waals surface area contributed by atoms with Gasteiger partial charge < -0.3 is 0 Å². The third kappa shape index (κ3) is 4.52. The van der Waals surface area contributed by atoms with E-state index in [0.717, 1.165) is 5.92 Å². The second kappa shape index (κ2) is 4.42. The van der Waals surface area contributed by atoms with Gasteiger partial charge in [-0.3, -0.25) is 0 Å². The van der Waals surface area contributed by atoms with Gasteiger partial charge in [0.2, 0.25) is 0 Å². The van der Waals surface area contributed by atoms with E-state index in [4.69, 9.17) is 0 Å². The maximum absolute atomic E-state index is 3.56. The quantitative estimate of drug-likeness (QED) is 0.718. The molecule has 0 spiro atoms. The molecule has 1 aliphatic heterocycles. The molecular formula is C13H28N2. The van der Waals surface area contributed by atoms with Gasteiger partial charge in [0.05, 0.1) is 0 Å². The molecular weight excluding hydrogens is 184 g/mol. The van der Waals surface area contributed by atoms with Crippen LogP contribution in [0.25, 0.3) is 0 Å². The van der Waals surface area contributed by atoms with Crippen molar-refractivity contribution in [3.63, 3.8) is 0 Å². The zero-order chi connectivity index (χ0) is 11.7. The summed E-state index contributed by atoms with van der Waals surface area (Å²) in [6, 6.07) is 0. The molecule has 2 nitrogen and oxygen atoms in total. The van der Waals surface area contributed by atoms with Crippen molar-refractivity contribution in [3.05, 3.63) is 0 Å². The second-order valence-electron chi connectivity index (χ2n) is 6.99. The number of nitrogens with zero attached hydrogens (tertiary/aromatic N) is 1. The molecule has 0 aliphatic carbocycles. The highest BCUT2D eigenvalue weighted by Gasteiger charge is 2.29. The molecule has 1 saturated heterocycles. The van der Waals surface area contributed by atoms with Crippen molar-refractivity contribution < 1.29 is 0 Å². The minimum absolute atomic E-state index is 0.203. The molecule has 0 bridgehead atoms. The Labute approximate surface area is 95.4 Å². The van der Waals surface area contributed by atoms with Gasteiger partial charge in [0, 0.05) is 18.6 Å². The summed E-state index contributed by atoms with van der Waals surface area (Å²) < 4.78 is 0. The van der Waals surface area contributed by atoms with Gasteiger partial charge in [-0.15, -0.1) is 0 Å². The number of hydrazine groups is 1. The van der Waals surface area contributed by atoms with Crippen LogP contribution in [0.5, 0.6) is 0 Å². The molecule has 0 amide bonds. The summed E-state index contributed by atoms with van der Waals surface area (Å²) in [5.41, 5.74) is 4.25. The average Bonchev–Trinajstić information content (AvgIpc) is 2.00. The maximum atomic E-state index is 3.56. The van der Waals surface area contributed by atoms with Crippen LogP contribution in [0.3, 0.4) is 0 Å². The first kappa shape index (κ1) is 13.0. The fraction of sp³-hybridized carbons (Fsp3) is 1.00. The highest BCUT2D eigenvalue weighted by atomic mass is 15.5. The molecule has 0 saturated carbocycles. The standard InChI is InChI=1S/C13H28N2/c1-12(2,3)11-7-9-15(10-8-11)14-13(4,5)6/h11,14H,7-10H2,1-6H3. The Morgan fingerprint density at radius 1 is 0.933 bits per heavy atom. The summed E-state index contributed by atoms with van der Waals surface area (Å²) in [6.07, 6.45) is 2.65. The van der Waals surface area contributed by atoms with Gasteiger partial charge in [-0.25, -0.2) is 10.4 Å². The van der Waals surface area contributed by atoms with Crippen molar-refractivity contribution >= 4 is 0 Å². The largest absolute Gasteiger partial charge is 0.250 e. The molecule has 1 heterocycles. The molecule has 0 atom stereocenters. The summed E-state index contributed by atoms with van der Waals surface area (Å²) in [7, 11) is 0. The lowest BCUT2D eigenvalue weighted by atomic mass is 9.75. The monoisotopic (exact) mass is 212 g/mol. The van der Waals surface area contributed by atoms with Crippen LogP contribution < -0.4 is 5.43 Å². The SMILES string of the molecule is CC(C)(C)NN1CCC(C(C)(C)C)CC1. The van der Waals surface area contributed by atoms with Crippen LogP contribution in [0.1, 0.15) is 54.4 Å². The molecule has 1 N–H and O–H groups in total. The molecule has 0 aromatic rings. The van der Waals surface area contributed by atoms with Crippen molar-refractivity contribution in [2.75, 3.05) is 13.1 Å². The molecule has 2 heteroatoms. The summed E-state index contributed by atoms with van der Waals surface area (Å²) in [6.45, 7) is 16.2. The lowest BCUT2D eigenvalue weighted by molar-refractivity contribution is 0.0506. The summed E-state index contributed by atoms with van der Waals surface area (Å²) >= 11 is 0. The summed E-state index contributed by atoms with van der Waals surface area (Å²) in [4.78, 5) is 0. The van der Waals surface area contributed by atoms with Crippen LogP contribution >= 0.6 is 0 Å². The zero-order valence-corrected chi connectivity index (χ0v) is 11.4. The number of nitrogens with one attached hydrogen (secondary N) is 1. The molecule has 90 valence electrons. The van der Waals surface area contributed by atoms with Crippen LogP contribution in [-0.4, -0.2) is 23.6 Å². The van der Waals surface area contributed by atoms with Gasteiger partial charge in [0.25, 0.3) is 0 Å².